The van der Waals surface area contributed by atoms with Gasteiger partial charge in [0.25, 0.3) is 5.69 Å². The normalized spacial score (nSPS) is 11.2. The van der Waals surface area contributed by atoms with Crippen molar-refractivity contribution in [2.45, 2.75) is 11.8 Å². The van der Waals surface area contributed by atoms with Crippen LogP contribution in [-0.2, 0) is 14.8 Å². The summed E-state index contributed by atoms with van der Waals surface area (Å²) in [5.41, 5.74) is -0.466. The zero-order valence-corrected chi connectivity index (χ0v) is 12.4. The van der Waals surface area contributed by atoms with Crippen molar-refractivity contribution in [3.05, 3.63) is 22.2 Å². The molecule has 2 N–H and O–H groups in total. The summed E-state index contributed by atoms with van der Waals surface area (Å²) in [6, 6.07) is 1.89. The maximum atomic E-state index is 11.5. The van der Waals surface area contributed by atoms with E-state index in [4.69, 9.17) is 19.3 Å². The van der Waals surface area contributed by atoms with Crippen molar-refractivity contribution in [3.63, 3.8) is 0 Å². The number of benzene rings is 1. The number of non-ortho nitro benzene ring substituents is 1. The molecule has 0 unspecified atom stereocenters. The fourth-order valence-electron chi connectivity index (χ4n) is 1.54. The monoisotopic (exact) mass is 320 g/mol. The molecular formula is C11H16N2O7S. The van der Waals surface area contributed by atoms with E-state index in [1.807, 2.05) is 0 Å². The summed E-state index contributed by atoms with van der Waals surface area (Å²) >= 11 is 0. The number of hydrogen-bond acceptors (Lipinski definition) is 7. The predicted molar refractivity (Wildman–Crippen MR) is 73.0 cm³/mol. The highest BCUT2D eigenvalue weighted by Crippen LogP contribution is 2.37. The van der Waals surface area contributed by atoms with Gasteiger partial charge in [-0.1, -0.05) is 0 Å². The maximum absolute atomic E-state index is 11.5. The molecule has 0 fully saturated rings. The number of nitro groups is 1. The average molecular weight is 320 g/mol. The number of rotatable bonds is 8. The Balaban J connectivity index is 3.26. The van der Waals surface area contributed by atoms with Gasteiger partial charge in [0, 0.05) is 12.7 Å². The van der Waals surface area contributed by atoms with Crippen LogP contribution >= 0.6 is 0 Å². The summed E-state index contributed by atoms with van der Waals surface area (Å²) in [5.74, 6) is -0.268. The van der Waals surface area contributed by atoms with Crippen LogP contribution in [0.5, 0.6) is 11.5 Å². The summed E-state index contributed by atoms with van der Waals surface area (Å²) in [5, 5.41) is 15.9. The molecule has 0 aromatic heterocycles. The molecule has 21 heavy (non-hydrogen) atoms. The summed E-state index contributed by atoms with van der Waals surface area (Å²) in [4.78, 5) is 9.60. The number of nitro benzene ring substituents is 1. The van der Waals surface area contributed by atoms with Gasteiger partial charge in [-0.05, 0) is 6.92 Å². The topological polar surface area (TPSA) is 131 Å². The molecular weight excluding hydrogens is 304 g/mol. The Kier molecular flexibility index (Phi) is 5.88. The average Bonchev–Trinajstić information content (AvgIpc) is 2.41. The van der Waals surface area contributed by atoms with Gasteiger partial charge in [0.1, 0.15) is 11.5 Å². The fraction of sp³-hybridized carbons (Fsp3) is 0.455. The third-order valence-electron chi connectivity index (χ3n) is 2.42. The summed E-state index contributed by atoms with van der Waals surface area (Å²) in [6.07, 6.45) is 0. The minimum atomic E-state index is -4.20. The van der Waals surface area contributed by atoms with Crippen LogP contribution in [0.4, 0.5) is 5.69 Å². The van der Waals surface area contributed by atoms with Crippen molar-refractivity contribution in [1.29, 1.82) is 0 Å². The van der Waals surface area contributed by atoms with Crippen molar-refractivity contribution in [2.75, 3.05) is 26.9 Å². The third-order valence-corrected chi connectivity index (χ3v) is 3.33. The van der Waals surface area contributed by atoms with E-state index >= 15 is 0 Å². The first-order valence-corrected chi connectivity index (χ1v) is 7.45. The van der Waals surface area contributed by atoms with Crippen molar-refractivity contribution in [2.24, 2.45) is 5.14 Å². The lowest BCUT2D eigenvalue weighted by Gasteiger charge is -2.13. The Morgan fingerprint density at radius 3 is 2.48 bits per heavy atom. The molecule has 1 aromatic carbocycles. The van der Waals surface area contributed by atoms with Crippen molar-refractivity contribution in [3.8, 4) is 11.5 Å². The number of nitrogens with zero attached hydrogens (tertiary/aromatic N) is 1. The largest absolute Gasteiger partial charge is 0.492 e. The summed E-state index contributed by atoms with van der Waals surface area (Å²) in [7, 11) is -2.99. The van der Waals surface area contributed by atoms with E-state index in [1.54, 1.807) is 6.92 Å². The Bertz CT molecular complexity index is 615. The molecule has 0 saturated carbocycles. The van der Waals surface area contributed by atoms with Crippen LogP contribution < -0.4 is 14.6 Å². The van der Waals surface area contributed by atoms with Gasteiger partial charge in [-0.2, -0.15) is 0 Å². The Morgan fingerprint density at radius 1 is 1.33 bits per heavy atom. The van der Waals surface area contributed by atoms with E-state index in [1.165, 1.54) is 7.11 Å². The van der Waals surface area contributed by atoms with Gasteiger partial charge in [-0.3, -0.25) is 10.1 Å². The lowest BCUT2D eigenvalue weighted by atomic mass is 10.3. The maximum Gasteiger partial charge on any atom is 0.274 e. The molecule has 0 aliphatic heterocycles. The van der Waals surface area contributed by atoms with Gasteiger partial charge >= 0.3 is 0 Å². The SMILES string of the molecule is CCOCCOc1cc([N+](=O)[O-])cc(S(N)(=O)=O)c1OC. The quantitative estimate of drug-likeness (QED) is 0.423. The van der Waals surface area contributed by atoms with Gasteiger partial charge in [0.2, 0.25) is 10.0 Å². The van der Waals surface area contributed by atoms with Crippen LogP contribution in [0.2, 0.25) is 0 Å². The summed E-state index contributed by atoms with van der Waals surface area (Å²) < 4.78 is 38.3. The molecule has 10 heteroatoms. The van der Waals surface area contributed by atoms with Crippen LogP contribution in [0.1, 0.15) is 6.92 Å². The number of methoxy groups -OCH3 is 1. The molecule has 0 aliphatic rings. The van der Waals surface area contributed by atoms with Crippen LogP contribution in [0.15, 0.2) is 17.0 Å². The van der Waals surface area contributed by atoms with E-state index in [0.29, 0.717) is 6.61 Å². The van der Waals surface area contributed by atoms with Gasteiger partial charge < -0.3 is 14.2 Å². The van der Waals surface area contributed by atoms with E-state index in [2.05, 4.69) is 0 Å². The van der Waals surface area contributed by atoms with Gasteiger partial charge in [0.15, 0.2) is 11.5 Å². The molecule has 0 aliphatic carbocycles. The zero-order chi connectivity index (χ0) is 16.0. The van der Waals surface area contributed by atoms with E-state index < -0.39 is 25.5 Å². The molecule has 0 atom stereocenters. The van der Waals surface area contributed by atoms with Crippen molar-refractivity contribution < 1.29 is 27.6 Å². The minimum Gasteiger partial charge on any atom is -0.492 e. The van der Waals surface area contributed by atoms with E-state index in [0.717, 1.165) is 12.1 Å². The number of sulfonamides is 1. The van der Waals surface area contributed by atoms with Crippen LogP contribution in [0, 0.1) is 10.1 Å². The standard InChI is InChI=1S/C11H16N2O7S/c1-3-19-4-5-20-9-6-8(13(14)15)7-10(11(9)18-2)21(12,16)17/h6-7H,3-5H2,1-2H3,(H2,12,16,17). The minimum absolute atomic E-state index is 0.0788. The molecule has 0 amide bonds. The Labute approximate surface area is 121 Å². The Hall–Kier alpha value is -1.91. The van der Waals surface area contributed by atoms with Crippen molar-refractivity contribution in [1.82, 2.24) is 0 Å². The summed E-state index contributed by atoms with van der Waals surface area (Å²) in [6.45, 7) is 2.60. The molecule has 1 rings (SSSR count). The second-order valence-corrected chi connectivity index (χ2v) is 5.35. The smallest absolute Gasteiger partial charge is 0.274 e. The van der Waals surface area contributed by atoms with Crippen molar-refractivity contribution >= 4 is 15.7 Å². The molecule has 0 bridgehead atoms. The highest BCUT2D eigenvalue weighted by Gasteiger charge is 2.25. The number of nitrogens with two attached hydrogens (primary N) is 1. The third kappa shape index (κ3) is 4.55. The molecule has 118 valence electrons. The Morgan fingerprint density at radius 2 is 2.00 bits per heavy atom. The first-order chi connectivity index (χ1) is 9.81. The molecule has 0 spiro atoms. The number of ether oxygens (including phenoxy) is 3. The lowest BCUT2D eigenvalue weighted by Crippen LogP contribution is -2.15. The van der Waals surface area contributed by atoms with Crippen LogP contribution in [-0.4, -0.2) is 40.3 Å². The van der Waals surface area contributed by atoms with E-state index in [9.17, 15) is 18.5 Å². The first kappa shape index (κ1) is 17.1. The number of hydrogen-bond donors (Lipinski definition) is 1. The highest BCUT2D eigenvalue weighted by molar-refractivity contribution is 7.89. The first-order valence-electron chi connectivity index (χ1n) is 5.91. The number of primary sulfonamides is 1. The highest BCUT2D eigenvalue weighted by atomic mass is 32.2. The van der Waals surface area contributed by atoms with Gasteiger partial charge in [-0.15, -0.1) is 0 Å². The second-order valence-electron chi connectivity index (χ2n) is 3.82. The van der Waals surface area contributed by atoms with Gasteiger partial charge in [0.05, 0.1) is 24.7 Å². The second kappa shape index (κ2) is 7.20. The fourth-order valence-corrected chi connectivity index (χ4v) is 2.27. The molecule has 1 aromatic rings. The predicted octanol–water partition coefficient (Wildman–Crippen LogP) is 0.666. The van der Waals surface area contributed by atoms with E-state index in [-0.39, 0.29) is 24.7 Å². The van der Waals surface area contributed by atoms with Crippen LogP contribution in [0.3, 0.4) is 0 Å². The molecule has 0 saturated heterocycles. The van der Waals surface area contributed by atoms with Gasteiger partial charge in [-0.25, -0.2) is 13.6 Å². The molecule has 0 radical (unpaired) electrons. The van der Waals surface area contributed by atoms with Crippen LogP contribution in [0.25, 0.3) is 0 Å². The molecule has 9 nitrogen and oxygen atoms in total. The lowest BCUT2D eigenvalue weighted by molar-refractivity contribution is -0.385. The zero-order valence-electron chi connectivity index (χ0n) is 11.6. The molecule has 0 heterocycles.